The Bertz CT molecular complexity index is 670. The van der Waals surface area contributed by atoms with Gasteiger partial charge in [-0.05, 0) is 24.3 Å². The largest absolute Gasteiger partial charge is 0.368 e. The maximum atomic E-state index is 12.3. The van der Waals surface area contributed by atoms with Crippen LogP contribution in [0.1, 0.15) is 16.1 Å². The zero-order chi connectivity index (χ0) is 15.1. The molecular formula is C14H13N5O2. The van der Waals surface area contributed by atoms with Gasteiger partial charge in [-0.15, -0.1) is 5.11 Å². The number of hydrogen-bond donors (Lipinski definition) is 2. The van der Waals surface area contributed by atoms with Crippen LogP contribution in [0.4, 0.5) is 5.69 Å². The van der Waals surface area contributed by atoms with Crippen molar-refractivity contribution >= 4 is 17.4 Å². The molecule has 106 valence electrons. The van der Waals surface area contributed by atoms with Crippen molar-refractivity contribution in [3.8, 4) is 0 Å². The van der Waals surface area contributed by atoms with E-state index in [0.717, 1.165) is 0 Å². The van der Waals surface area contributed by atoms with Crippen LogP contribution in [-0.2, 0) is 4.79 Å². The Morgan fingerprint density at radius 3 is 2.62 bits per heavy atom. The summed E-state index contributed by atoms with van der Waals surface area (Å²) >= 11 is 0. The fraction of sp³-hybridized carbons (Fsp3) is 0.0714. The number of carbonyl (C=O) groups excluding carboxylic acids is 2. The number of ketones is 1. The first-order valence-electron chi connectivity index (χ1n) is 6.15. The van der Waals surface area contributed by atoms with Crippen LogP contribution in [-0.4, -0.2) is 23.2 Å². The summed E-state index contributed by atoms with van der Waals surface area (Å²) < 4.78 is 0. The Kier molecular flexibility index (Phi) is 4.70. The fourth-order valence-electron chi connectivity index (χ4n) is 1.59. The molecule has 2 rings (SSSR count). The van der Waals surface area contributed by atoms with Crippen molar-refractivity contribution in [2.45, 2.75) is 0 Å². The minimum Gasteiger partial charge on any atom is -0.368 e. The molecule has 0 atom stereocenters. The van der Waals surface area contributed by atoms with Gasteiger partial charge in [-0.3, -0.25) is 20.0 Å². The third-order valence-corrected chi connectivity index (χ3v) is 2.53. The highest BCUT2D eigenvalue weighted by molar-refractivity contribution is 6.10. The van der Waals surface area contributed by atoms with Gasteiger partial charge in [0.15, 0.2) is 0 Å². The van der Waals surface area contributed by atoms with Crippen LogP contribution < -0.4 is 11.2 Å². The van der Waals surface area contributed by atoms with Crippen molar-refractivity contribution in [1.29, 1.82) is 0 Å². The predicted octanol–water partition coefficient (Wildman–Crippen LogP) is 1.39. The van der Waals surface area contributed by atoms with Crippen molar-refractivity contribution < 1.29 is 9.59 Å². The Morgan fingerprint density at radius 1 is 1.14 bits per heavy atom. The molecular weight excluding hydrogens is 270 g/mol. The van der Waals surface area contributed by atoms with E-state index >= 15 is 0 Å². The van der Waals surface area contributed by atoms with Crippen molar-refractivity contribution in [3.63, 3.8) is 0 Å². The second kappa shape index (κ2) is 6.90. The molecule has 0 saturated heterocycles. The number of nitrogens with zero attached hydrogens (tertiary/aromatic N) is 3. The normalized spacial score (nSPS) is 10.5. The first-order chi connectivity index (χ1) is 10.2. The minimum absolute atomic E-state index is 0.125. The number of carbonyl (C=O) groups is 2. The number of aromatic nitrogens is 1. The second-order valence-corrected chi connectivity index (χ2v) is 4.06. The van der Waals surface area contributed by atoms with Crippen molar-refractivity contribution in [2.24, 2.45) is 16.1 Å². The van der Waals surface area contributed by atoms with E-state index in [-0.39, 0.29) is 12.3 Å². The van der Waals surface area contributed by atoms with Gasteiger partial charge in [0.25, 0.3) is 0 Å². The molecule has 0 saturated carbocycles. The number of benzene rings is 1. The van der Waals surface area contributed by atoms with E-state index < -0.39 is 5.91 Å². The monoisotopic (exact) mass is 283 g/mol. The van der Waals surface area contributed by atoms with Crippen molar-refractivity contribution in [2.75, 3.05) is 6.54 Å². The highest BCUT2D eigenvalue weighted by Crippen LogP contribution is 2.21. The molecule has 0 fully saturated rings. The van der Waals surface area contributed by atoms with Gasteiger partial charge in [0.05, 0.1) is 11.3 Å². The third-order valence-electron chi connectivity index (χ3n) is 2.53. The molecule has 2 aromatic rings. The lowest BCUT2D eigenvalue weighted by Crippen LogP contribution is -2.24. The molecule has 0 unspecified atom stereocenters. The fourth-order valence-corrected chi connectivity index (χ4v) is 1.59. The molecule has 3 N–H and O–H groups in total. The van der Waals surface area contributed by atoms with E-state index in [1.807, 2.05) is 0 Å². The van der Waals surface area contributed by atoms with Crippen LogP contribution in [0.25, 0.3) is 0 Å². The maximum Gasteiger partial charge on any atom is 0.238 e. The van der Waals surface area contributed by atoms with Crippen molar-refractivity contribution in [1.82, 2.24) is 10.4 Å². The first kappa shape index (κ1) is 14.3. The summed E-state index contributed by atoms with van der Waals surface area (Å²) in [7, 11) is 0. The number of amides is 1. The summed E-state index contributed by atoms with van der Waals surface area (Å²) in [4.78, 5) is 26.9. The smallest absolute Gasteiger partial charge is 0.238 e. The lowest BCUT2D eigenvalue weighted by atomic mass is 10.1. The molecule has 1 heterocycles. The van der Waals surface area contributed by atoms with Crippen LogP contribution >= 0.6 is 0 Å². The molecule has 21 heavy (non-hydrogen) atoms. The quantitative estimate of drug-likeness (QED) is 0.474. The van der Waals surface area contributed by atoms with Gasteiger partial charge in [0.1, 0.15) is 12.2 Å². The molecule has 0 aliphatic carbocycles. The van der Waals surface area contributed by atoms with Crippen LogP contribution in [0.3, 0.4) is 0 Å². The molecule has 1 aromatic carbocycles. The van der Waals surface area contributed by atoms with Gasteiger partial charge >= 0.3 is 0 Å². The van der Waals surface area contributed by atoms with E-state index in [2.05, 4.69) is 20.7 Å². The topological polar surface area (TPSA) is 110 Å². The molecule has 0 bridgehead atoms. The minimum atomic E-state index is -0.549. The van der Waals surface area contributed by atoms with E-state index in [1.165, 1.54) is 0 Å². The Hall–Kier alpha value is -3.09. The third kappa shape index (κ3) is 3.93. The summed E-state index contributed by atoms with van der Waals surface area (Å²) in [5.74, 6) is -0.799. The van der Waals surface area contributed by atoms with E-state index in [1.54, 1.807) is 48.7 Å². The average molecular weight is 283 g/mol. The summed E-state index contributed by atoms with van der Waals surface area (Å²) in [6.45, 7) is -0.125. The molecule has 0 aliphatic heterocycles. The van der Waals surface area contributed by atoms with Crippen molar-refractivity contribution in [3.05, 3.63) is 59.9 Å². The summed E-state index contributed by atoms with van der Waals surface area (Å²) in [5.41, 5.74) is 8.44. The first-order valence-corrected chi connectivity index (χ1v) is 6.15. The highest BCUT2D eigenvalue weighted by atomic mass is 16.1. The van der Waals surface area contributed by atoms with Gasteiger partial charge < -0.3 is 5.73 Å². The van der Waals surface area contributed by atoms with Crippen LogP contribution in [0, 0.1) is 0 Å². The molecule has 0 spiro atoms. The SMILES string of the molecule is NC(=O)CNN=Nc1ccccc1C(=O)c1ccccn1. The average Bonchev–Trinajstić information content (AvgIpc) is 2.52. The second-order valence-electron chi connectivity index (χ2n) is 4.06. The summed E-state index contributed by atoms with van der Waals surface area (Å²) in [6.07, 6.45) is 1.55. The molecule has 0 aliphatic rings. The summed E-state index contributed by atoms with van der Waals surface area (Å²) in [6, 6.07) is 11.8. The Labute approximate surface area is 120 Å². The zero-order valence-corrected chi connectivity index (χ0v) is 11.1. The van der Waals surface area contributed by atoms with Gasteiger partial charge in [-0.1, -0.05) is 23.4 Å². The zero-order valence-electron chi connectivity index (χ0n) is 11.1. The van der Waals surface area contributed by atoms with E-state index in [9.17, 15) is 9.59 Å². The lowest BCUT2D eigenvalue weighted by molar-refractivity contribution is -0.117. The molecule has 0 radical (unpaired) electrons. The molecule has 1 amide bonds. The Balaban J connectivity index is 2.21. The van der Waals surface area contributed by atoms with Crippen LogP contribution in [0.2, 0.25) is 0 Å². The molecule has 7 nitrogen and oxygen atoms in total. The van der Waals surface area contributed by atoms with Gasteiger partial charge in [0.2, 0.25) is 11.7 Å². The Morgan fingerprint density at radius 2 is 1.90 bits per heavy atom. The molecule has 1 aromatic heterocycles. The lowest BCUT2D eigenvalue weighted by Gasteiger charge is -2.03. The summed E-state index contributed by atoms with van der Waals surface area (Å²) in [5, 5.41) is 7.50. The van der Waals surface area contributed by atoms with Crippen LogP contribution in [0.15, 0.2) is 59.0 Å². The number of pyridine rings is 1. The van der Waals surface area contributed by atoms with Crippen LogP contribution in [0.5, 0.6) is 0 Å². The predicted molar refractivity (Wildman–Crippen MR) is 75.8 cm³/mol. The standard InChI is InChI=1S/C14H13N5O2/c15-13(20)9-17-19-18-11-6-2-1-5-10(11)14(21)12-7-3-4-8-16-12/h1-8H,9H2,(H2,15,20)(H,17,18). The number of primary amides is 1. The number of rotatable bonds is 6. The van der Waals surface area contributed by atoms with E-state index in [4.69, 9.17) is 5.73 Å². The highest BCUT2D eigenvalue weighted by Gasteiger charge is 2.13. The van der Waals surface area contributed by atoms with Gasteiger partial charge in [-0.25, -0.2) is 0 Å². The van der Waals surface area contributed by atoms with E-state index in [0.29, 0.717) is 16.9 Å². The number of nitrogens with two attached hydrogens (primary N) is 1. The number of nitrogens with one attached hydrogen (secondary N) is 1. The maximum absolute atomic E-state index is 12.3. The van der Waals surface area contributed by atoms with Gasteiger partial charge in [-0.2, -0.15) is 0 Å². The molecule has 7 heteroatoms. The van der Waals surface area contributed by atoms with Gasteiger partial charge in [0, 0.05) is 6.20 Å². The number of hydrogen-bond acceptors (Lipinski definition) is 5.